The van der Waals surface area contributed by atoms with Gasteiger partial charge in [0.05, 0.1) is 22.6 Å². The summed E-state index contributed by atoms with van der Waals surface area (Å²) in [4.78, 5) is 23.8. The molecule has 10 heteroatoms. The second kappa shape index (κ2) is 12.1. The quantitative estimate of drug-likeness (QED) is 0.237. The van der Waals surface area contributed by atoms with Crippen LogP contribution in [0.4, 0.5) is 23.7 Å². The molecule has 0 spiro atoms. The molecule has 0 saturated carbocycles. The smallest absolute Gasteiger partial charge is 0.359 e. The van der Waals surface area contributed by atoms with E-state index in [1.54, 1.807) is 23.9 Å². The SMILES string of the molecule is CNC(=O)CCc1cc(-c2ccc(-c3ccc(C(F)(F)F)cc3)cc2)n(-c2ccc(NC(=O)NC(C)C)cc2)n1. The highest BCUT2D eigenvalue weighted by Gasteiger charge is 2.30. The summed E-state index contributed by atoms with van der Waals surface area (Å²) in [6.07, 6.45) is -3.66. The first-order valence-electron chi connectivity index (χ1n) is 12.8. The van der Waals surface area contributed by atoms with Gasteiger partial charge in [-0.2, -0.15) is 18.3 Å². The van der Waals surface area contributed by atoms with E-state index in [0.29, 0.717) is 17.7 Å². The van der Waals surface area contributed by atoms with Gasteiger partial charge >= 0.3 is 12.2 Å². The molecule has 1 heterocycles. The fourth-order valence-electron chi connectivity index (χ4n) is 4.12. The molecule has 0 aliphatic heterocycles. The van der Waals surface area contributed by atoms with Gasteiger partial charge in [-0.15, -0.1) is 0 Å². The molecule has 1 aromatic heterocycles. The van der Waals surface area contributed by atoms with Crippen molar-refractivity contribution in [3.05, 3.63) is 90.1 Å². The van der Waals surface area contributed by atoms with Gasteiger partial charge in [0.25, 0.3) is 0 Å². The molecular formula is C30H30F3N5O2. The van der Waals surface area contributed by atoms with Crippen LogP contribution in [0.3, 0.4) is 0 Å². The Morgan fingerprint density at radius 3 is 2.00 bits per heavy atom. The summed E-state index contributed by atoms with van der Waals surface area (Å²) in [7, 11) is 1.58. The Kier molecular flexibility index (Phi) is 8.57. The zero-order valence-electron chi connectivity index (χ0n) is 22.3. The lowest BCUT2D eigenvalue weighted by Crippen LogP contribution is -2.34. The Balaban J connectivity index is 1.62. The van der Waals surface area contributed by atoms with Gasteiger partial charge in [-0.25, -0.2) is 9.48 Å². The summed E-state index contributed by atoms with van der Waals surface area (Å²) in [5, 5.41) is 12.9. The fraction of sp³-hybridized carbons (Fsp3) is 0.233. The number of urea groups is 1. The highest BCUT2D eigenvalue weighted by atomic mass is 19.4. The molecule has 0 radical (unpaired) electrons. The first kappa shape index (κ1) is 28.4. The van der Waals surface area contributed by atoms with Crippen LogP contribution >= 0.6 is 0 Å². The number of benzene rings is 3. The third kappa shape index (κ3) is 7.07. The van der Waals surface area contributed by atoms with E-state index in [1.807, 2.05) is 56.3 Å². The first-order chi connectivity index (χ1) is 19.0. The molecule has 208 valence electrons. The van der Waals surface area contributed by atoms with Gasteiger partial charge in [0.15, 0.2) is 0 Å². The molecule has 0 aliphatic rings. The number of halogens is 3. The number of amides is 3. The Hall–Kier alpha value is -4.60. The van der Waals surface area contributed by atoms with E-state index in [9.17, 15) is 22.8 Å². The Morgan fingerprint density at radius 2 is 1.45 bits per heavy atom. The molecule has 0 bridgehead atoms. The fourth-order valence-corrected chi connectivity index (χ4v) is 4.12. The minimum Gasteiger partial charge on any atom is -0.359 e. The maximum Gasteiger partial charge on any atom is 0.416 e. The van der Waals surface area contributed by atoms with Crippen molar-refractivity contribution in [2.24, 2.45) is 0 Å². The van der Waals surface area contributed by atoms with Crippen LogP contribution in [0, 0.1) is 0 Å². The number of aromatic nitrogens is 2. The maximum atomic E-state index is 12.9. The van der Waals surface area contributed by atoms with E-state index in [0.717, 1.165) is 40.3 Å². The third-order valence-corrected chi connectivity index (χ3v) is 6.16. The molecule has 0 atom stereocenters. The van der Waals surface area contributed by atoms with Crippen molar-refractivity contribution in [1.29, 1.82) is 0 Å². The highest BCUT2D eigenvalue weighted by Crippen LogP contribution is 2.32. The first-order valence-corrected chi connectivity index (χ1v) is 12.8. The predicted octanol–water partition coefficient (Wildman–Crippen LogP) is 6.43. The average molecular weight is 550 g/mol. The minimum atomic E-state index is -4.38. The van der Waals surface area contributed by atoms with Crippen molar-refractivity contribution in [2.45, 2.75) is 38.9 Å². The maximum absolute atomic E-state index is 12.9. The van der Waals surface area contributed by atoms with Gasteiger partial charge in [-0.05, 0) is 67.4 Å². The number of aryl methyl sites for hydroxylation is 1. The van der Waals surface area contributed by atoms with Crippen LogP contribution in [0.1, 0.15) is 31.5 Å². The van der Waals surface area contributed by atoms with E-state index >= 15 is 0 Å². The van der Waals surface area contributed by atoms with Crippen molar-refractivity contribution in [1.82, 2.24) is 20.4 Å². The monoisotopic (exact) mass is 549 g/mol. The normalized spacial score (nSPS) is 11.4. The van der Waals surface area contributed by atoms with E-state index in [4.69, 9.17) is 5.10 Å². The van der Waals surface area contributed by atoms with Gasteiger partial charge in [-0.1, -0.05) is 36.4 Å². The van der Waals surface area contributed by atoms with Gasteiger partial charge in [-0.3, -0.25) is 4.79 Å². The number of anilines is 1. The lowest BCUT2D eigenvalue weighted by Gasteiger charge is -2.12. The molecule has 4 rings (SSSR count). The van der Waals surface area contributed by atoms with Gasteiger partial charge in [0.2, 0.25) is 5.91 Å². The second-order valence-corrected chi connectivity index (χ2v) is 9.56. The molecule has 40 heavy (non-hydrogen) atoms. The summed E-state index contributed by atoms with van der Waals surface area (Å²) < 4.78 is 40.6. The number of hydrogen-bond donors (Lipinski definition) is 3. The van der Waals surface area contributed by atoms with Gasteiger partial charge in [0, 0.05) is 37.2 Å². The van der Waals surface area contributed by atoms with Crippen molar-refractivity contribution in [2.75, 3.05) is 12.4 Å². The van der Waals surface area contributed by atoms with Crippen LogP contribution in [0.15, 0.2) is 78.9 Å². The van der Waals surface area contributed by atoms with Crippen LogP contribution < -0.4 is 16.0 Å². The summed E-state index contributed by atoms with van der Waals surface area (Å²) in [5.41, 5.74) is 4.48. The molecule has 7 nitrogen and oxygen atoms in total. The number of alkyl halides is 3. The number of rotatable bonds is 8. The van der Waals surface area contributed by atoms with Crippen LogP contribution in [0.2, 0.25) is 0 Å². The minimum absolute atomic E-state index is 0.00440. The zero-order valence-corrected chi connectivity index (χ0v) is 22.3. The van der Waals surface area contributed by atoms with Crippen LogP contribution in [0.25, 0.3) is 28.1 Å². The van der Waals surface area contributed by atoms with Gasteiger partial charge < -0.3 is 16.0 Å². The molecule has 0 fully saturated rings. The van der Waals surface area contributed by atoms with E-state index in [-0.39, 0.29) is 24.4 Å². The largest absolute Gasteiger partial charge is 0.416 e. The molecule has 0 saturated heterocycles. The predicted molar refractivity (Wildman–Crippen MR) is 149 cm³/mol. The number of hydrogen-bond acceptors (Lipinski definition) is 3. The number of nitrogens with one attached hydrogen (secondary N) is 3. The number of carbonyl (C=O) groups is 2. The summed E-state index contributed by atoms with van der Waals surface area (Å²) in [6, 6.07) is 21.4. The lowest BCUT2D eigenvalue weighted by atomic mass is 10.0. The van der Waals surface area contributed by atoms with Crippen LogP contribution in [-0.2, 0) is 17.4 Å². The Bertz CT molecular complexity index is 1460. The Morgan fingerprint density at radius 1 is 0.875 bits per heavy atom. The lowest BCUT2D eigenvalue weighted by molar-refractivity contribution is -0.137. The van der Waals surface area contributed by atoms with Crippen molar-refractivity contribution >= 4 is 17.6 Å². The van der Waals surface area contributed by atoms with E-state index in [1.165, 1.54) is 12.1 Å². The Labute approximate surface area is 230 Å². The zero-order chi connectivity index (χ0) is 28.9. The molecule has 3 aromatic carbocycles. The molecule has 0 aliphatic carbocycles. The standard InChI is InChI=1S/C30H30F3N5O2/c1-19(2)35-29(40)36-24-12-15-26(16-13-24)38-27(18-25(37-38)14-17-28(39)34-3)22-6-4-20(5-7-22)21-8-10-23(11-9-21)30(31,32)33/h4-13,15-16,18-19H,14,17H2,1-3H3,(H,34,39)(H2,35,36,40). The summed E-state index contributed by atoms with van der Waals surface area (Å²) in [6.45, 7) is 3.75. The van der Waals surface area contributed by atoms with Crippen LogP contribution in [-0.4, -0.2) is 34.8 Å². The summed E-state index contributed by atoms with van der Waals surface area (Å²) in [5.74, 6) is -0.0907. The highest BCUT2D eigenvalue weighted by molar-refractivity contribution is 5.89. The number of carbonyl (C=O) groups excluding carboxylic acids is 2. The van der Waals surface area contributed by atoms with Crippen molar-refractivity contribution in [3.8, 4) is 28.1 Å². The summed E-state index contributed by atoms with van der Waals surface area (Å²) >= 11 is 0. The van der Waals surface area contributed by atoms with Gasteiger partial charge in [0.1, 0.15) is 0 Å². The third-order valence-electron chi connectivity index (χ3n) is 6.16. The molecular weight excluding hydrogens is 519 g/mol. The molecule has 0 unspecified atom stereocenters. The van der Waals surface area contributed by atoms with Crippen molar-refractivity contribution in [3.63, 3.8) is 0 Å². The second-order valence-electron chi connectivity index (χ2n) is 9.56. The molecule has 3 N–H and O–H groups in total. The average Bonchev–Trinajstić information content (AvgIpc) is 3.35. The van der Waals surface area contributed by atoms with E-state index in [2.05, 4.69) is 16.0 Å². The molecule has 4 aromatic rings. The molecule has 3 amide bonds. The van der Waals surface area contributed by atoms with E-state index < -0.39 is 11.7 Å². The van der Waals surface area contributed by atoms with Crippen LogP contribution in [0.5, 0.6) is 0 Å². The topological polar surface area (TPSA) is 88.0 Å². The number of nitrogens with zero attached hydrogens (tertiary/aromatic N) is 2. The van der Waals surface area contributed by atoms with Crippen molar-refractivity contribution < 1.29 is 22.8 Å².